The number of nitrogens with one attached hydrogen (secondary N) is 1. The number of benzene rings is 1. The summed E-state index contributed by atoms with van der Waals surface area (Å²) in [6, 6.07) is 5.47. The summed E-state index contributed by atoms with van der Waals surface area (Å²) in [5, 5.41) is 42.8. The molecule has 1 saturated heterocycles. The highest BCUT2D eigenvalue weighted by Gasteiger charge is 2.44. The second-order valence-electron chi connectivity index (χ2n) is 8.38. The molecule has 1 fully saturated rings. The van der Waals surface area contributed by atoms with Gasteiger partial charge in [-0.3, -0.25) is 0 Å². The molecule has 8 nitrogen and oxygen atoms in total. The standard InChI is InChI=1S/C20H33NO7/c1-11(2)26-10-12-6-7-14(13(8-12)21-20(3,4)5)27-19-18(25)17(24)16(23)15(9-22)28-19/h6-8,11,15-19,21-25H,9-10H2,1-5H3. The summed E-state index contributed by atoms with van der Waals surface area (Å²) in [5.41, 5.74) is 1.36. The lowest BCUT2D eigenvalue weighted by atomic mass is 9.99. The molecule has 5 atom stereocenters. The molecule has 1 aromatic carbocycles. The summed E-state index contributed by atoms with van der Waals surface area (Å²) in [7, 11) is 0. The molecule has 1 heterocycles. The summed E-state index contributed by atoms with van der Waals surface area (Å²) in [6.45, 7) is 9.86. The Morgan fingerprint density at radius 2 is 1.79 bits per heavy atom. The summed E-state index contributed by atoms with van der Waals surface area (Å²) in [6.07, 6.45) is -6.56. The van der Waals surface area contributed by atoms with E-state index in [2.05, 4.69) is 5.32 Å². The zero-order valence-electron chi connectivity index (χ0n) is 17.1. The predicted octanol–water partition coefficient (Wildman–Crippen LogP) is 1.00. The zero-order chi connectivity index (χ0) is 21.1. The minimum atomic E-state index is -1.49. The van der Waals surface area contributed by atoms with E-state index in [1.54, 1.807) is 6.07 Å². The molecule has 28 heavy (non-hydrogen) atoms. The highest BCUT2D eigenvalue weighted by Crippen LogP contribution is 2.32. The van der Waals surface area contributed by atoms with E-state index in [-0.39, 0.29) is 11.6 Å². The molecule has 0 saturated carbocycles. The van der Waals surface area contributed by atoms with Crippen LogP contribution in [0.25, 0.3) is 0 Å². The number of anilines is 1. The van der Waals surface area contributed by atoms with Crippen LogP contribution in [0.2, 0.25) is 0 Å². The van der Waals surface area contributed by atoms with Gasteiger partial charge in [-0.1, -0.05) is 6.07 Å². The van der Waals surface area contributed by atoms with E-state index in [0.29, 0.717) is 18.0 Å². The second kappa shape index (κ2) is 9.39. The molecule has 0 radical (unpaired) electrons. The van der Waals surface area contributed by atoms with Crippen LogP contribution in [-0.2, 0) is 16.1 Å². The molecule has 1 aliphatic heterocycles. The Labute approximate surface area is 166 Å². The Morgan fingerprint density at radius 1 is 1.11 bits per heavy atom. The second-order valence-corrected chi connectivity index (χ2v) is 8.38. The molecule has 2 rings (SSSR count). The van der Waals surface area contributed by atoms with Crippen molar-refractivity contribution in [2.24, 2.45) is 0 Å². The minimum Gasteiger partial charge on any atom is -0.460 e. The van der Waals surface area contributed by atoms with Crippen molar-refractivity contribution in [2.75, 3.05) is 11.9 Å². The third kappa shape index (κ3) is 6.04. The lowest BCUT2D eigenvalue weighted by Gasteiger charge is -2.40. The van der Waals surface area contributed by atoms with Gasteiger partial charge in [-0.15, -0.1) is 0 Å². The molecule has 5 unspecified atom stereocenters. The maximum atomic E-state index is 10.2. The van der Waals surface area contributed by atoms with Crippen molar-refractivity contribution >= 4 is 5.69 Å². The fourth-order valence-corrected chi connectivity index (χ4v) is 2.82. The third-order valence-electron chi connectivity index (χ3n) is 4.23. The normalized spacial score (nSPS) is 28.4. The highest BCUT2D eigenvalue weighted by molar-refractivity contribution is 5.59. The van der Waals surface area contributed by atoms with E-state index in [1.807, 2.05) is 46.8 Å². The monoisotopic (exact) mass is 399 g/mol. The van der Waals surface area contributed by atoms with E-state index in [9.17, 15) is 20.4 Å². The van der Waals surface area contributed by atoms with Crippen LogP contribution in [0, 0.1) is 0 Å². The molecular weight excluding hydrogens is 366 g/mol. The number of rotatable bonds is 7. The van der Waals surface area contributed by atoms with Gasteiger partial charge in [0, 0.05) is 5.54 Å². The van der Waals surface area contributed by atoms with E-state index in [1.165, 1.54) is 0 Å². The Kier molecular flexibility index (Phi) is 7.66. The zero-order valence-corrected chi connectivity index (χ0v) is 17.1. The summed E-state index contributed by atoms with van der Waals surface area (Å²) >= 11 is 0. The number of aliphatic hydroxyl groups excluding tert-OH is 4. The number of aliphatic hydroxyl groups is 4. The molecular formula is C20H33NO7. The smallest absolute Gasteiger partial charge is 0.229 e. The highest BCUT2D eigenvalue weighted by atomic mass is 16.7. The van der Waals surface area contributed by atoms with Gasteiger partial charge in [-0.05, 0) is 52.3 Å². The quantitative estimate of drug-likeness (QED) is 0.461. The van der Waals surface area contributed by atoms with E-state index >= 15 is 0 Å². The van der Waals surface area contributed by atoms with Crippen molar-refractivity contribution < 1.29 is 34.6 Å². The Bertz CT molecular complexity index is 629. The van der Waals surface area contributed by atoms with Crippen LogP contribution in [-0.4, -0.2) is 69.4 Å². The predicted molar refractivity (Wildman–Crippen MR) is 104 cm³/mol. The van der Waals surface area contributed by atoms with Gasteiger partial charge in [0.2, 0.25) is 6.29 Å². The van der Waals surface area contributed by atoms with Gasteiger partial charge in [-0.25, -0.2) is 0 Å². The Hall–Kier alpha value is -1.42. The lowest BCUT2D eigenvalue weighted by molar-refractivity contribution is -0.277. The summed E-state index contributed by atoms with van der Waals surface area (Å²) in [4.78, 5) is 0. The van der Waals surface area contributed by atoms with Crippen molar-refractivity contribution in [1.29, 1.82) is 0 Å². The van der Waals surface area contributed by atoms with Crippen molar-refractivity contribution in [1.82, 2.24) is 0 Å². The first-order valence-corrected chi connectivity index (χ1v) is 9.51. The lowest BCUT2D eigenvalue weighted by Crippen LogP contribution is -2.60. The maximum absolute atomic E-state index is 10.2. The van der Waals surface area contributed by atoms with E-state index in [4.69, 9.17) is 14.2 Å². The van der Waals surface area contributed by atoms with Crippen molar-refractivity contribution in [2.45, 2.75) is 83.6 Å². The molecule has 0 aromatic heterocycles. The first kappa shape index (κ1) is 22.9. The van der Waals surface area contributed by atoms with Crippen LogP contribution in [0.3, 0.4) is 0 Å². The van der Waals surface area contributed by atoms with Crippen LogP contribution < -0.4 is 10.1 Å². The van der Waals surface area contributed by atoms with Crippen LogP contribution in [0.15, 0.2) is 18.2 Å². The SMILES string of the molecule is CC(C)OCc1ccc(OC2OC(CO)C(O)C(O)C2O)c(NC(C)(C)C)c1. The molecule has 8 heteroatoms. The van der Waals surface area contributed by atoms with Gasteiger partial charge in [0.05, 0.1) is 25.0 Å². The van der Waals surface area contributed by atoms with Crippen molar-refractivity contribution in [3.8, 4) is 5.75 Å². The third-order valence-corrected chi connectivity index (χ3v) is 4.23. The molecule has 1 aromatic rings. The van der Waals surface area contributed by atoms with Gasteiger partial charge in [-0.2, -0.15) is 0 Å². The van der Waals surface area contributed by atoms with Gasteiger partial charge < -0.3 is 40.0 Å². The topological polar surface area (TPSA) is 121 Å². The average molecular weight is 399 g/mol. The maximum Gasteiger partial charge on any atom is 0.229 e. The van der Waals surface area contributed by atoms with Crippen molar-refractivity contribution in [3.63, 3.8) is 0 Å². The molecule has 0 amide bonds. The first-order valence-electron chi connectivity index (χ1n) is 9.51. The van der Waals surface area contributed by atoms with Gasteiger partial charge >= 0.3 is 0 Å². The number of ether oxygens (including phenoxy) is 3. The van der Waals surface area contributed by atoms with Crippen LogP contribution in [0.1, 0.15) is 40.2 Å². The molecule has 1 aliphatic rings. The van der Waals surface area contributed by atoms with E-state index in [0.717, 1.165) is 5.56 Å². The van der Waals surface area contributed by atoms with Crippen LogP contribution in [0.4, 0.5) is 5.69 Å². The van der Waals surface area contributed by atoms with Crippen LogP contribution in [0.5, 0.6) is 5.75 Å². The number of hydrogen-bond donors (Lipinski definition) is 5. The molecule has 0 spiro atoms. The van der Waals surface area contributed by atoms with Gasteiger partial charge in [0.25, 0.3) is 0 Å². The fraction of sp³-hybridized carbons (Fsp3) is 0.700. The largest absolute Gasteiger partial charge is 0.460 e. The van der Waals surface area contributed by atoms with E-state index < -0.39 is 37.3 Å². The molecule has 0 bridgehead atoms. The van der Waals surface area contributed by atoms with Gasteiger partial charge in [0.1, 0.15) is 30.2 Å². The van der Waals surface area contributed by atoms with Gasteiger partial charge in [0.15, 0.2) is 0 Å². The fourth-order valence-electron chi connectivity index (χ4n) is 2.82. The summed E-state index contributed by atoms with van der Waals surface area (Å²) < 4.78 is 16.9. The number of hydrogen-bond acceptors (Lipinski definition) is 8. The first-order chi connectivity index (χ1) is 13.0. The molecule has 160 valence electrons. The minimum absolute atomic E-state index is 0.101. The van der Waals surface area contributed by atoms with Crippen LogP contribution >= 0.6 is 0 Å². The summed E-state index contributed by atoms with van der Waals surface area (Å²) in [5.74, 6) is 0.410. The molecule has 5 N–H and O–H groups in total. The Balaban J connectivity index is 2.25. The molecule has 0 aliphatic carbocycles. The average Bonchev–Trinajstić information content (AvgIpc) is 2.60. The van der Waals surface area contributed by atoms with Crippen molar-refractivity contribution in [3.05, 3.63) is 23.8 Å². The Morgan fingerprint density at radius 3 is 2.36 bits per heavy atom.